The lowest BCUT2D eigenvalue weighted by atomic mass is 10.2. The van der Waals surface area contributed by atoms with Gasteiger partial charge in [0.1, 0.15) is 5.70 Å². The van der Waals surface area contributed by atoms with E-state index in [1.165, 1.54) is 17.0 Å². The first-order chi connectivity index (χ1) is 11.8. The molecule has 1 aliphatic heterocycles. The summed E-state index contributed by atoms with van der Waals surface area (Å²) >= 11 is 5.40. The van der Waals surface area contributed by atoms with Crippen molar-refractivity contribution in [2.45, 2.75) is 4.90 Å². The fourth-order valence-electron chi connectivity index (χ4n) is 2.53. The molecule has 7 heteroatoms. The monoisotopic (exact) mass is 372 g/mol. The number of para-hydroxylation sites is 1. The van der Waals surface area contributed by atoms with E-state index in [1.807, 2.05) is 30.3 Å². The van der Waals surface area contributed by atoms with E-state index in [4.69, 9.17) is 12.2 Å². The van der Waals surface area contributed by atoms with Gasteiger partial charge in [-0.2, -0.15) is 0 Å². The summed E-state index contributed by atoms with van der Waals surface area (Å²) in [4.78, 5) is 16.2. The minimum absolute atomic E-state index is 0.217. The van der Waals surface area contributed by atoms with Crippen molar-refractivity contribution in [3.05, 3.63) is 65.9 Å². The van der Waals surface area contributed by atoms with Gasteiger partial charge >= 0.3 is 0 Å². The van der Waals surface area contributed by atoms with Gasteiger partial charge in [0, 0.05) is 13.3 Å². The number of hydrogen-bond donors (Lipinski definition) is 0. The molecule has 2 aromatic rings. The fraction of sp³-hybridized carbons (Fsp3) is 0.111. The van der Waals surface area contributed by atoms with Gasteiger partial charge in [0.25, 0.3) is 5.91 Å². The van der Waals surface area contributed by atoms with Crippen LogP contribution in [0, 0.1) is 0 Å². The molecule has 0 saturated carbocycles. The van der Waals surface area contributed by atoms with Crippen LogP contribution in [0.2, 0.25) is 0 Å². The van der Waals surface area contributed by atoms with Crippen LogP contribution in [0.1, 0.15) is 5.56 Å². The van der Waals surface area contributed by atoms with Crippen LogP contribution in [0.25, 0.3) is 6.08 Å². The number of hydrogen-bond acceptors (Lipinski definition) is 4. The molecule has 0 unspecified atom stereocenters. The predicted octanol–water partition coefficient (Wildman–Crippen LogP) is 2.69. The second-order valence-corrected chi connectivity index (χ2v) is 8.07. The number of sulfone groups is 1. The van der Waals surface area contributed by atoms with E-state index in [-0.39, 0.29) is 10.8 Å². The lowest BCUT2D eigenvalue weighted by Gasteiger charge is -2.16. The number of amides is 1. The maximum Gasteiger partial charge on any atom is 0.281 e. The summed E-state index contributed by atoms with van der Waals surface area (Å²) in [5, 5.41) is 0.398. The molecule has 0 atom stereocenters. The number of carbonyl (C=O) groups is 1. The number of rotatable bonds is 3. The van der Waals surface area contributed by atoms with Gasteiger partial charge in [0.2, 0.25) is 0 Å². The molecule has 1 saturated heterocycles. The molecule has 0 radical (unpaired) electrons. The normalized spacial score (nSPS) is 16.8. The lowest BCUT2D eigenvalue weighted by molar-refractivity contribution is -0.114. The van der Waals surface area contributed by atoms with Gasteiger partial charge in [-0.25, -0.2) is 8.42 Å². The van der Waals surface area contributed by atoms with Crippen LogP contribution < -0.4 is 4.90 Å². The molecule has 128 valence electrons. The Balaban J connectivity index is 1.96. The van der Waals surface area contributed by atoms with E-state index in [9.17, 15) is 13.2 Å². The Morgan fingerprint density at radius 2 is 1.60 bits per heavy atom. The summed E-state index contributed by atoms with van der Waals surface area (Å²) in [5.41, 5.74) is 1.86. The average molecular weight is 372 g/mol. The van der Waals surface area contributed by atoms with Gasteiger partial charge in [-0.15, -0.1) is 0 Å². The van der Waals surface area contributed by atoms with Crippen molar-refractivity contribution in [1.29, 1.82) is 0 Å². The first-order valence-electron chi connectivity index (χ1n) is 7.48. The summed E-state index contributed by atoms with van der Waals surface area (Å²) in [5.74, 6) is -0.217. The molecule has 0 N–H and O–H groups in total. The molecule has 25 heavy (non-hydrogen) atoms. The highest BCUT2D eigenvalue weighted by Crippen LogP contribution is 2.27. The van der Waals surface area contributed by atoms with Gasteiger partial charge in [-0.05, 0) is 48.1 Å². The summed E-state index contributed by atoms with van der Waals surface area (Å²) in [6.45, 7) is 0. The van der Waals surface area contributed by atoms with Crippen molar-refractivity contribution in [2.75, 3.05) is 18.2 Å². The maximum atomic E-state index is 12.8. The van der Waals surface area contributed by atoms with Gasteiger partial charge in [0.15, 0.2) is 14.9 Å². The van der Waals surface area contributed by atoms with Crippen LogP contribution in [0.4, 0.5) is 5.69 Å². The Kier molecular flexibility index (Phi) is 4.45. The van der Waals surface area contributed by atoms with Crippen LogP contribution in [-0.2, 0) is 14.6 Å². The Hall–Kier alpha value is -2.51. The van der Waals surface area contributed by atoms with Crippen LogP contribution in [-0.4, -0.2) is 37.6 Å². The summed E-state index contributed by atoms with van der Waals surface area (Å²) in [6, 6.07) is 15.6. The summed E-state index contributed by atoms with van der Waals surface area (Å²) < 4.78 is 23.1. The zero-order valence-corrected chi connectivity index (χ0v) is 15.3. The number of likely N-dealkylation sites (N-methyl/N-ethyl adjacent to an activating group) is 1. The number of thiocarbonyl (C=S) groups is 1. The Morgan fingerprint density at radius 1 is 1.00 bits per heavy atom. The highest BCUT2D eigenvalue weighted by atomic mass is 32.2. The van der Waals surface area contributed by atoms with Crippen molar-refractivity contribution in [3.63, 3.8) is 0 Å². The molecule has 0 aromatic heterocycles. The highest BCUT2D eigenvalue weighted by molar-refractivity contribution is 7.90. The van der Waals surface area contributed by atoms with Gasteiger partial charge < -0.3 is 4.90 Å². The molecule has 0 bridgehead atoms. The summed E-state index contributed by atoms with van der Waals surface area (Å²) in [7, 11) is -1.51. The molecule has 0 aliphatic carbocycles. The molecule has 5 nitrogen and oxygen atoms in total. The van der Waals surface area contributed by atoms with Crippen molar-refractivity contribution in [2.24, 2.45) is 0 Å². The quantitative estimate of drug-likeness (QED) is 0.612. The molecule has 1 amide bonds. The smallest absolute Gasteiger partial charge is 0.281 e. The Labute approximate surface area is 152 Å². The average Bonchev–Trinajstić information content (AvgIpc) is 2.79. The number of benzene rings is 2. The van der Waals surface area contributed by atoms with E-state index < -0.39 is 9.84 Å². The SMILES string of the molecule is CN1C(=S)N(c2ccccc2)C(=O)/C1=C\c1ccc(S(C)(=O)=O)cc1. The first kappa shape index (κ1) is 17.3. The fourth-order valence-corrected chi connectivity index (χ4v) is 3.45. The van der Waals surface area contributed by atoms with E-state index in [1.54, 1.807) is 30.2 Å². The Morgan fingerprint density at radius 3 is 2.16 bits per heavy atom. The lowest BCUT2D eigenvalue weighted by Crippen LogP contribution is -2.30. The van der Waals surface area contributed by atoms with Crippen molar-refractivity contribution in [3.8, 4) is 0 Å². The van der Waals surface area contributed by atoms with E-state index >= 15 is 0 Å². The largest absolute Gasteiger partial charge is 0.317 e. The number of nitrogens with zero attached hydrogens (tertiary/aromatic N) is 2. The third kappa shape index (κ3) is 3.33. The highest BCUT2D eigenvalue weighted by Gasteiger charge is 2.36. The minimum atomic E-state index is -3.25. The third-order valence-electron chi connectivity index (χ3n) is 3.89. The standard InChI is InChI=1S/C18H16N2O3S2/c1-19-16(12-13-8-10-15(11-9-13)25(2,22)23)17(21)20(18(19)24)14-6-4-3-5-7-14/h3-12H,1-2H3/b16-12+. The maximum absolute atomic E-state index is 12.8. The summed E-state index contributed by atoms with van der Waals surface area (Å²) in [6.07, 6.45) is 2.86. The predicted molar refractivity (Wildman–Crippen MR) is 102 cm³/mol. The molecular weight excluding hydrogens is 356 g/mol. The van der Waals surface area contributed by atoms with Gasteiger partial charge in [0.05, 0.1) is 10.6 Å². The van der Waals surface area contributed by atoms with E-state index in [0.717, 1.165) is 11.8 Å². The van der Waals surface area contributed by atoms with Gasteiger partial charge in [-0.3, -0.25) is 9.69 Å². The van der Waals surface area contributed by atoms with Crippen LogP contribution in [0.15, 0.2) is 65.2 Å². The van der Waals surface area contributed by atoms with Crippen molar-refractivity contribution in [1.82, 2.24) is 4.90 Å². The molecule has 2 aromatic carbocycles. The van der Waals surface area contributed by atoms with Crippen molar-refractivity contribution >= 4 is 44.8 Å². The Bertz CT molecular complexity index is 965. The van der Waals surface area contributed by atoms with Gasteiger partial charge in [-0.1, -0.05) is 30.3 Å². The molecule has 1 heterocycles. The molecular formula is C18H16N2O3S2. The van der Waals surface area contributed by atoms with E-state index in [0.29, 0.717) is 16.5 Å². The second-order valence-electron chi connectivity index (χ2n) is 5.69. The van der Waals surface area contributed by atoms with Crippen molar-refractivity contribution < 1.29 is 13.2 Å². The van der Waals surface area contributed by atoms with Crippen LogP contribution in [0.5, 0.6) is 0 Å². The topological polar surface area (TPSA) is 57.7 Å². The third-order valence-corrected chi connectivity index (χ3v) is 5.47. The number of anilines is 1. The molecule has 1 aliphatic rings. The number of carbonyl (C=O) groups excluding carboxylic acids is 1. The minimum Gasteiger partial charge on any atom is -0.317 e. The van der Waals surface area contributed by atoms with E-state index in [2.05, 4.69) is 0 Å². The zero-order chi connectivity index (χ0) is 18.2. The second kappa shape index (κ2) is 6.42. The first-order valence-corrected chi connectivity index (χ1v) is 9.78. The van der Waals surface area contributed by atoms with Crippen LogP contribution >= 0.6 is 12.2 Å². The van der Waals surface area contributed by atoms with Crippen LogP contribution in [0.3, 0.4) is 0 Å². The molecule has 3 rings (SSSR count). The molecule has 1 fully saturated rings. The molecule has 0 spiro atoms. The zero-order valence-electron chi connectivity index (χ0n) is 13.7.